The van der Waals surface area contributed by atoms with Crippen LogP contribution in [0.5, 0.6) is 0 Å². The van der Waals surface area contributed by atoms with Crippen molar-refractivity contribution in [1.29, 1.82) is 0 Å². The van der Waals surface area contributed by atoms with Crippen molar-refractivity contribution < 1.29 is 0 Å². The van der Waals surface area contributed by atoms with Gasteiger partial charge in [-0.1, -0.05) is 30.3 Å². The Kier molecular flexibility index (Phi) is 2.86. The van der Waals surface area contributed by atoms with Crippen LogP contribution in [0.15, 0.2) is 46.6 Å². The third-order valence-corrected chi connectivity index (χ3v) is 2.67. The van der Waals surface area contributed by atoms with Crippen molar-refractivity contribution in [2.45, 2.75) is 20.3 Å². The number of rotatable bonds is 2. The lowest BCUT2D eigenvalue weighted by atomic mass is 10.0. The molecule has 0 fully saturated rings. The highest BCUT2D eigenvalue weighted by Gasteiger charge is 2.08. The highest BCUT2D eigenvalue weighted by molar-refractivity contribution is 5.82. The van der Waals surface area contributed by atoms with Crippen LogP contribution in [0.25, 0.3) is 0 Å². The van der Waals surface area contributed by atoms with E-state index in [1.165, 1.54) is 16.8 Å². The number of aliphatic imine (C=N–C) groups is 1. The maximum atomic E-state index is 4.41. The van der Waals surface area contributed by atoms with Crippen molar-refractivity contribution in [2.75, 3.05) is 6.54 Å². The zero-order chi connectivity index (χ0) is 10.7. The van der Waals surface area contributed by atoms with Crippen molar-refractivity contribution in [3.8, 4) is 0 Å². The standard InChI is InChI=1S/C13H16N2/c1-10-13(9-14-11(2)15-10)8-12-6-4-3-5-7-12/h3-7H,8-9H2,1-2H3,(H,14,15). The topological polar surface area (TPSA) is 24.4 Å². The number of amidine groups is 1. The number of benzene rings is 1. The zero-order valence-electron chi connectivity index (χ0n) is 9.25. The van der Waals surface area contributed by atoms with Crippen molar-refractivity contribution in [1.82, 2.24) is 5.32 Å². The summed E-state index contributed by atoms with van der Waals surface area (Å²) in [6.45, 7) is 4.96. The van der Waals surface area contributed by atoms with Gasteiger partial charge in [-0.05, 0) is 31.4 Å². The molecule has 1 aliphatic heterocycles. The minimum Gasteiger partial charge on any atom is -0.348 e. The number of allylic oxidation sites excluding steroid dienone is 1. The lowest BCUT2D eigenvalue weighted by Gasteiger charge is -2.17. The summed E-state index contributed by atoms with van der Waals surface area (Å²) >= 11 is 0. The Hall–Kier alpha value is -1.57. The molecule has 0 amide bonds. The van der Waals surface area contributed by atoms with Gasteiger partial charge < -0.3 is 5.32 Å². The van der Waals surface area contributed by atoms with E-state index >= 15 is 0 Å². The van der Waals surface area contributed by atoms with Gasteiger partial charge in [0.05, 0.1) is 12.4 Å². The van der Waals surface area contributed by atoms with Crippen molar-refractivity contribution in [3.05, 3.63) is 47.2 Å². The third kappa shape index (κ3) is 2.46. The van der Waals surface area contributed by atoms with Crippen molar-refractivity contribution in [2.24, 2.45) is 4.99 Å². The summed E-state index contributed by atoms with van der Waals surface area (Å²) in [4.78, 5) is 4.41. The highest BCUT2D eigenvalue weighted by atomic mass is 15.0. The van der Waals surface area contributed by atoms with E-state index in [1.54, 1.807) is 0 Å². The molecule has 15 heavy (non-hydrogen) atoms. The lowest BCUT2D eigenvalue weighted by molar-refractivity contribution is 0.903. The SMILES string of the molecule is CC1=NCC(Cc2ccccc2)=C(C)N1. The van der Waals surface area contributed by atoms with E-state index in [-0.39, 0.29) is 0 Å². The monoisotopic (exact) mass is 200 g/mol. The molecule has 0 unspecified atom stereocenters. The van der Waals surface area contributed by atoms with Gasteiger partial charge in [0.2, 0.25) is 0 Å². The average molecular weight is 200 g/mol. The normalized spacial score (nSPS) is 16.0. The molecule has 0 atom stereocenters. The van der Waals surface area contributed by atoms with Gasteiger partial charge in [-0.3, -0.25) is 4.99 Å². The largest absolute Gasteiger partial charge is 0.348 e. The number of nitrogens with zero attached hydrogens (tertiary/aromatic N) is 1. The molecule has 0 saturated heterocycles. The van der Waals surface area contributed by atoms with E-state index in [0.29, 0.717) is 0 Å². The zero-order valence-corrected chi connectivity index (χ0v) is 9.25. The maximum Gasteiger partial charge on any atom is 0.0977 e. The predicted octanol–water partition coefficient (Wildman–Crippen LogP) is 2.52. The summed E-state index contributed by atoms with van der Waals surface area (Å²) in [7, 11) is 0. The van der Waals surface area contributed by atoms with Crippen LogP contribution < -0.4 is 5.32 Å². The van der Waals surface area contributed by atoms with E-state index in [1.807, 2.05) is 13.0 Å². The molecule has 0 radical (unpaired) electrons. The summed E-state index contributed by atoms with van der Waals surface area (Å²) in [6.07, 6.45) is 0.996. The van der Waals surface area contributed by atoms with Crippen molar-refractivity contribution >= 4 is 5.84 Å². The van der Waals surface area contributed by atoms with E-state index < -0.39 is 0 Å². The van der Waals surface area contributed by atoms with Gasteiger partial charge >= 0.3 is 0 Å². The molecule has 0 bridgehead atoms. The molecule has 0 aliphatic carbocycles. The van der Waals surface area contributed by atoms with Gasteiger partial charge in [-0.15, -0.1) is 0 Å². The Bertz CT molecular complexity index is 402. The molecule has 1 N–H and O–H groups in total. The minimum atomic E-state index is 0.833. The molecular formula is C13H16N2. The second kappa shape index (κ2) is 4.30. The molecule has 1 aromatic carbocycles. The third-order valence-electron chi connectivity index (χ3n) is 2.67. The van der Waals surface area contributed by atoms with Crippen LogP contribution in [-0.4, -0.2) is 12.4 Å². The van der Waals surface area contributed by atoms with Gasteiger partial charge in [-0.25, -0.2) is 0 Å². The smallest absolute Gasteiger partial charge is 0.0977 e. The molecule has 2 nitrogen and oxygen atoms in total. The Labute approximate surface area is 90.7 Å². The fraction of sp³-hybridized carbons (Fsp3) is 0.308. The van der Waals surface area contributed by atoms with Gasteiger partial charge in [0, 0.05) is 5.70 Å². The molecule has 78 valence electrons. The average Bonchev–Trinajstić information content (AvgIpc) is 2.24. The summed E-state index contributed by atoms with van der Waals surface area (Å²) in [5.74, 6) is 1.02. The first kappa shape index (κ1) is 9.97. The number of hydrogen-bond acceptors (Lipinski definition) is 2. The second-order valence-electron chi connectivity index (χ2n) is 3.92. The van der Waals surface area contributed by atoms with Gasteiger partial charge in [0.1, 0.15) is 0 Å². The van der Waals surface area contributed by atoms with E-state index in [2.05, 4.69) is 41.5 Å². The predicted molar refractivity (Wildman–Crippen MR) is 64.0 cm³/mol. The summed E-state index contributed by atoms with van der Waals surface area (Å²) in [5.41, 5.74) is 3.99. The Morgan fingerprint density at radius 2 is 1.93 bits per heavy atom. The summed E-state index contributed by atoms with van der Waals surface area (Å²) in [5, 5.41) is 3.28. The van der Waals surface area contributed by atoms with E-state index in [9.17, 15) is 0 Å². The van der Waals surface area contributed by atoms with Crippen LogP contribution in [-0.2, 0) is 6.42 Å². The van der Waals surface area contributed by atoms with Gasteiger partial charge in [-0.2, -0.15) is 0 Å². The molecule has 0 saturated carbocycles. The van der Waals surface area contributed by atoms with Crippen LogP contribution in [0.1, 0.15) is 19.4 Å². The second-order valence-corrected chi connectivity index (χ2v) is 3.92. The van der Waals surface area contributed by atoms with Crippen LogP contribution in [0.4, 0.5) is 0 Å². The Morgan fingerprint density at radius 3 is 2.60 bits per heavy atom. The first-order chi connectivity index (χ1) is 7.25. The first-order valence-corrected chi connectivity index (χ1v) is 5.26. The Balaban J connectivity index is 2.11. The molecule has 1 aromatic rings. The maximum absolute atomic E-state index is 4.41. The van der Waals surface area contributed by atoms with Crippen molar-refractivity contribution in [3.63, 3.8) is 0 Å². The quantitative estimate of drug-likeness (QED) is 0.779. The summed E-state index contributed by atoms with van der Waals surface area (Å²) < 4.78 is 0. The first-order valence-electron chi connectivity index (χ1n) is 5.26. The van der Waals surface area contributed by atoms with Gasteiger partial charge in [0.25, 0.3) is 0 Å². The fourth-order valence-electron chi connectivity index (χ4n) is 1.76. The van der Waals surface area contributed by atoms with Crippen LogP contribution in [0, 0.1) is 0 Å². The summed E-state index contributed by atoms with van der Waals surface area (Å²) in [6, 6.07) is 10.5. The number of hydrogen-bond donors (Lipinski definition) is 1. The van der Waals surface area contributed by atoms with Crippen LogP contribution in [0.2, 0.25) is 0 Å². The molecule has 0 aromatic heterocycles. The number of nitrogens with one attached hydrogen (secondary N) is 1. The molecule has 0 spiro atoms. The highest BCUT2D eigenvalue weighted by Crippen LogP contribution is 2.13. The molecule has 2 rings (SSSR count). The molecule has 2 heteroatoms. The van der Waals surface area contributed by atoms with Crippen LogP contribution >= 0.6 is 0 Å². The molecule has 1 aliphatic rings. The fourth-order valence-corrected chi connectivity index (χ4v) is 1.76. The Morgan fingerprint density at radius 1 is 1.20 bits per heavy atom. The van der Waals surface area contributed by atoms with E-state index in [0.717, 1.165) is 18.8 Å². The minimum absolute atomic E-state index is 0.833. The van der Waals surface area contributed by atoms with Gasteiger partial charge in [0.15, 0.2) is 0 Å². The molecule has 1 heterocycles. The van der Waals surface area contributed by atoms with E-state index in [4.69, 9.17) is 0 Å². The molecular weight excluding hydrogens is 184 g/mol. The lowest BCUT2D eigenvalue weighted by Crippen LogP contribution is -2.25. The van der Waals surface area contributed by atoms with Crippen LogP contribution in [0.3, 0.4) is 0 Å².